The molecule has 0 aliphatic carbocycles. The van der Waals surface area contributed by atoms with Crippen LogP contribution in [0.2, 0.25) is 0 Å². The normalized spacial score (nSPS) is 10.9. The Balaban J connectivity index is 1.76. The van der Waals surface area contributed by atoms with E-state index in [9.17, 15) is 0 Å². The summed E-state index contributed by atoms with van der Waals surface area (Å²) in [5.41, 5.74) is 3.17. The largest absolute Gasteiger partial charge is 0.340 e. The molecule has 0 spiro atoms. The number of allylic oxidation sites excluding steroid dienone is 1. The molecule has 0 aliphatic heterocycles. The Morgan fingerprint density at radius 2 is 1.88 bits per heavy atom. The average molecular weight is 427 g/mol. The fourth-order valence-electron chi connectivity index (χ4n) is 2.28. The van der Waals surface area contributed by atoms with Crippen LogP contribution in [0.5, 0.6) is 0 Å². The average Bonchev–Trinajstić information content (AvgIpc) is 2.62. The van der Waals surface area contributed by atoms with E-state index in [-0.39, 0.29) is 0 Å². The van der Waals surface area contributed by atoms with Gasteiger partial charge in [0.25, 0.3) is 0 Å². The van der Waals surface area contributed by atoms with Crippen LogP contribution >= 0.6 is 27.7 Å². The van der Waals surface area contributed by atoms with Gasteiger partial charge in [0.05, 0.1) is 0 Å². The van der Waals surface area contributed by atoms with Gasteiger partial charge >= 0.3 is 0 Å². The van der Waals surface area contributed by atoms with E-state index >= 15 is 0 Å². The van der Waals surface area contributed by atoms with E-state index in [0.29, 0.717) is 5.95 Å². The van der Waals surface area contributed by atoms with Gasteiger partial charge < -0.3 is 10.6 Å². The predicted molar refractivity (Wildman–Crippen MR) is 115 cm³/mol. The Bertz CT molecular complexity index is 927. The lowest BCUT2D eigenvalue weighted by Crippen LogP contribution is -2.00. The van der Waals surface area contributed by atoms with E-state index in [0.717, 1.165) is 21.7 Å². The van der Waals surface area contributed by atoms with Crippen LogP contribution in [0.15, 0.2) is 75.6 Å². The van der Waals surface area contributed by atoms with Gasteiger partial charge in [-0.05, 0) is 61.2 Å². The number of nitrogens with one attached hydrogen (secondary N) is 2. The number of nitrogens with zero attached hydrogens (tertiary/aromatic N) is 2. The first-order chi connectivity index (χ1) is 12.6. The number of rotatable bonds is 6. The molecule has 0 saturated heterocycles. The molecule has 0 fully saturated rings. The van der Waals surface area contributed by atoms with Gasteiger partial charge in [-0.2, -0.15) is 4.98 Å². The second-order valence-corrected chi connectivity index (χ2v) is 7.46. The molecule has 3 rings (SSSR count). The van der Waals surface area contributed by atoms with Crippen molar-refractivity contribution in [2.75, 3.05) is 10.6 Å². The molecule has 0 unspecified atom stereocenters. The second-order valence-electron chi connectivity index (χ2n) is 5.59. The van der Waals surface area contributed by atoms with Crippen LogP contribution in [0, 0.1) is 6.92 Å². The minimum Gasteiger partial charge on any atom is -0.340 e. The summed E-state index contributed by atoms with van der Waals surface area (Å²) in [7, 11) is 0. The Morgan fingerprint density at radius 1 is 1.04 bits per heavy atom. The summed E-state index contributed by atoms with van der Waals surface area (Å²) in [5.74, 6) is 1.28. The number of halogens is 1. The van der Waals surface area contributed by atoms with Crippen molar-refractivity contribution in [3.8, 4) is 0 Å². The Hall–Kier alpha value is -2.31. The summed E-state index contributed by atoms with van der Waals surface area (Å²) in [6.07, 6.45) is 3.77. The first kappa shape index (κ1) is 18.5. The molecule has 132 valence electrons. The number of benzene rings is 2. The van der Waals surface area contributed by atoms with E-state index < -0.39 is 0 Å². The summed E-state index contributed by atoms with van der Waals surface area (Å²) in [6, 6.07) is 16.0. The molecule has 1 heterocycles. The highest BCUT2D eigenvalue weighted by Gasteiger charge is 2.04. The summed E-state index contributed by atoms with van der Waals surface area (Å²) in [5, 5.41) is 8.64. The van der Waals surface area contributed by atoms with Gasteiger partial charge in [0.2, 0.25) is 5.95 Å². The second kappa shape index (κ2) is 8.87. The van der Waals surface area contributed by atoms with Gasteiger partial charge in [0.15, 0.2) is 0 Å². The highest BCUT2D eigenvalue weighted by molar-refractivity contribution is 9.10. The Labute approximate surface area is 166 Å². The summed E-state index contributed by atoms with van der Waals surface area (Å²) < 4.78 is 1.00. The SMILES string of the molecule is C/C=C\Sc1cc(Nc2ccnc(Nc3cccc(Br)c3)n2)ccc1C. The van der Waals surface area contributed by atoms with Crippen LogP contribution in [0.25, 0.3) is 0 Å². The zero-order valence-electron chi connectivity index (χ0n) is 14.5. The highest BCUT2D eigenvalue weighted by atomic mass is 79.9. The number of aromatic nitrogens is 2. The van der Waals surface area contributed by atoms with Crippen molar-refractivity contribution in [2.24, 2.45) is 0 Å². The molecule has 0 aliphatic rings. The van der Waals surface area contributed by atoms with E-state index in [1.165, 1.54) is 10.5 Å². The van der Waals surface area contributed by atoms with Crippen molar-refractivity contribution >= 4 is 50.8 Å². The van der Waals surface area contributed by atoms with E-state index in [2.05, 4.69) is 67.1 Å². The van der Waals surface area contributed by atoms with Crippen LogP contribution in [0.1, 0.15) is 12.5 Å². The monoisotopic (exact) mass is 426 g/mol. The Kier molecular flexibility index (Phi) is 6.30. The molecule has 0 radical (unpaired) electrons. The molecule has 0 bridgehead atoms. The maximum atomic E-state index is 4.54. The summed E-state index contributed by atoms with van der Waals surface area (Å²) in [4.78, 5) is 10.0. The summed E-state index contributed by atoms with van der Waals surface area (Å²) >= 11 is 5.17. The topological polar surface area (TPSA) is 49.8 Å². The van der Waals surface area contributed by atoms with Crippen LogP contribution in [0.3, 0.4) is 0 Å². The van der Waals surface area contributed by atoms with Crippen molar-refractivity contribution in [3.63, 3.8) is 0 Å². The maximum Gasteiger partial charge on any atom is 0.229 e. The van der Waals surface area contributed by atoms with Gasteiger partial charge in [0.1, 0.15) is 5.82 Å². The number of thioether (sulfide) groups is 1. The lowest BCUT2D eigenvalue weighted by molar-refractivity contribution is 1.16. The predicted octanol–water partition coefficient (Wildman–Crippen LogP) is 6.66. The van der Waals surface area contributed by atoms with E-state index in [1.807, 2.05) is 43.3 Å². The number of anilines is 4. The van der Waals surface area contributed by atoms with Gasteiger partial charge in [0, 0.05) is 26.9 Å². The Morgan fingerprint density at radius 3 is 2.69 bits per heavy atom. The van der Waals surface area contributed by atoms with Gasteiger partial charge in [-0.15, -0.1) is 0 Å². The molecular weight excluding hydrogens is 408 g/mol. The molecule has 2 N–H and O–H groups in total. The third-order valence-corrected chi connectivity index (χ3v) is 5.12. The van der Waals surface area contributed by atoms with Gasteiger partial charge in [-0.1, -0.05) is 45.9 Å². The van der Waals surface area contributed by atoms with Crippen molar-refractivity contribution in [2.45, 2.75) is 18.7 Å². The molecule has 3 aromatic rings. The first-order valence-electron chi connectivity index (χ1n) is 8.15. The molecular formula is C20H19BrN4S. The van der Waals surface area contributed by atoms with E-state index in [1.54, 1.807) is 18.0 Å². The molecule has 0 atom stereocenters. The minimum absolute atomic E-state index is 0.545. The fourth-order valence-corrected chi connectivity index (χ4v) is 3.41. The molecule has 6 heteroatoms. The molecule has 0 saturated carbocycles. The first-order valence-corrected chi connectivity index (χ1v) is 9.82. The quantitative estimate of drug-likeness (QED) is 0.431. The minimum atomic E-state index is 0.545. The van der Waals surface area contributed by atoms with Crippen LogP contribution in [0.4, 0.5) is 23.1 Å². The molecule has 1 aromatic heterocycles. The number of hydrogen-bond acceptors (Lipinski definition) is 5. The summed E-state index contributed by atoms with van der Waals surface area (Å²) in [6.45, 7) is 4.13. The van der Waals surface area contributed by atoms with Crippen LogP contribution < -0.4 is 10.6 Å². The molecule has 4 nitrogen and oxygen atoms in total. The van der Waals surface area contributed by atoms with Crippen molar-refractivity contribution in [1.29, 1.82) is 0 Å². The lowest BCUT2D eigenvalue weighted by atomic mass is 10.2. The highest BCUT2D eigenvalue weighted by Crippen LogP contribution is 2.28. The van der Waals surface area contributed by atoms with Crippen LogP contribution in [-0.2, 0) is 0 Å². The molecule has 2 aromatic carbocycles. The van der Waals surface area contributed by atoms with Crippen LogP contribution in [-0.4, -0.2) is 9.97 Å². The van der Waals surface area contributed by atoms with Crippen molar-refractivity contribution < 1.29 is 0 Å². The zero-order chi connectivity index (χ0) is 18.4. The third-order valence-electron chi connectivity index (χ3n) is 3.53. The molecule has 26 heavy (non-hydrogen) atoms. The number of hydrogen-bond donors (Lipinski definition) is 2. The maximum absolute atomic E-state index is 4.54. The fraction of sp³-hybridized carbons (Fsp3) is 0.100. The van der Waals surface area contributed by atoms with Crippen molar-refractivity contribution in [1.82, 2.24) is 9.97 Å². The van der Waals surface area contributed by atoms with Gasteiger partial charge in [-0.25, -0.2) is 4.98 Å². The third kappa shape index (κ3) is 5.09. The van der Waals surface area contributed by atoms with Crippen molar-refractivity contribution in [3.05, 3.63) is 76.2 Å². The number of aryl methyl sites for hydroxylation is 1. The van der Waals surface area contributed by atoms with Gasteiger partial charge in [-0.3, -0.25) is 0 Å². The standard InChI is InChI=1S/C20H19BrN4S/c1-3-11-26-18-13-17(8-7-14(18)2)23-19-9-10-22-20(25-19)24-16-6-4-5-15(21)12-16/h3-13H,1-2H3,(H2,22,23,24,25)/b11-3-. The molecule has 0 amide bonds. The van der Waals surface area contributed by atoms with E-state index in [4.69, 9.17) is 0 Å². The zero-order valence-corrected chi connectivity index (χ0v) is 16.9. The smallest absolute Gasteiger partial charge is 0.229 e. The lowest BCUT2D eigenvalue weighted by Gasteiger charge is -2.10.